The first kappa shape index (κ1) is 19.4. The van der Waals surface area contributed by atoms with Crippen LogP contribution in [0.15, 0.2) is 23.2 Å². The summed E-state index contributed by atoms with van der Waals surface area (Å²) in [6, 6.07) is 3.36. The predicted molar refractivity (Wildman–Crippen MR) is 95.0 cm³/mol. The zero-order valence-electron chi connectivity index (χ0n) is 15.1. The highest BCUT2D eigenvalue weighted by Crippen LogP contribution is 2.17. The molecular weight excluding hydrogens is 393 g/mol. The Morgan fingerprint density at radius 1 is 1.29 bits per heavy atom. The van der Waals surface area contributed by atoms with Gasteiger partial charge in [-0.05, 0) is 25.5 Å². The van der Waals surface area contributed by atoms with Crippen LogP contribution in [0.5, 0.6) is 5.88 Å². The van der Waals surface area contributed by atoms with Crippen molar-refractivity contribution in [3.63, 3.8) is 0 Å². The lowest BCUT2D eigenvalue weighted by Gasteiger charge is -2.09. The summed E-state index contributed by atoms with van der Waals surface area (Å²) in [5, 5.41) is 5.31. The highest BCUT2D eigenvalue weighted by Gasteiger charge is 2.29. The Morgan fingerprint density at radius 3 is 2.71 bits per heavy atom. The van der Waals surface area contributed by atoms with E-state index in [1.165, 1.54) is 19.2 Å². The Hall–Kier alpha value is -3.35. The highest BCUT2D eigenvalue weighted by atomic mass is 32.2. The molecule has 0 aromatic carbocycles. The van der Waals surface area contributed by atoms with Crippen LogP contribution in [-0.4, -0.2) is 46.1 Å². The summed E-state index contributed by atoms with van der Waals surface area (Å²) in [4.78, 5) is 23.4. The quantitative estimate of drug-likeness (QED) is 0.637. The number of nitrogens with one attached hydrogen (secondary N) is 2. The maximum Gasteiger partial charge on any atom is 0.335 e. The largest absolute Gasteiger partial charge is 0.481 e. The van der Waals surface area contributed by atoms with Gasteiger partial charge in [-0.1, -0.05) is 6.92 Å². The zero-order valence-corrected chi connectivity index (χ0v) is 15.9. The number of hydrogen-bond acceptors (Lipinski definition) is 8. The molecular formula is C15H16FN7O4S. The van der Waals surface area contributed by atoms with Gasteiger partial charge < -0.3 is 4.74 Å². The second kappa shape index (κ2) is 7.34. The summed E-state index contributed by atoms with van der Waals surface area (Å²) in [5.74, 6) is -1.29. The molecule has 148 valence electrons. The minimum Gasteiger partial charge on any atom is -0.481 e. The van der Waals surface area contributed by atoms with Gasteiger partial charge in [0.15, 0.2) is 5.65 Å². The second-order valence-corrected chi connectivity index (χ2v) is 7.19. The van der Waals surface area contributed by atoms with Crippen LogP contribution in [-0.2, 0) is 16.4 Å². The summed E-state index contributed by atoms with van der Waals surface area (Å²) >= 11 is 0. The molecule has 2 N–H and O–H groups in total. The van der Waals surface area contributed by atoms with Gasteiger partial charge in [0.2, 0.25) is 16.9 Å². The van der Waals surface area contributed by atoms with Gasteiger partial charge in [-0.2, -0.15) is 32.4 Å². The molecule has 0 unspecified atom stereocenters. The molecule has 3 heterocycles. The number of urea groups is 1. The van der Waals surface area contributed by atoms with E-state index in [4.69, 9.17) is 4.74 Å². The molecule has 0 fully saturated rings. The molecule has 3 aromatic rings. The van der Waals surface area contributed by atoms with Crippen molar-refractivity contribution in [3.05, 3.63) is 35.5 Å². The highest BCUT2D eigenvalue weighted by molar-refractivity contribution is 7.90. The fourth-order valence-electron chi connectivity index (χ4n) is 2.34. The van der Waals surface area contributed by atoms with Crippen molar-refractivity contribution in [2.24, 2.45) is 0 Å². The normalized spacial score (nSPS) is 11.4. The van der Waals surface area contributed by atoms with E-state index in [0.29, 0.717) is 17.8 Å². The molecule has 0 aliphatic carbocycles. The van der Waals surface area contributed by atoms with E-state index in [1.807, 2.05) is 0 Å². The Balaban J connectivity index is 1.90. The van der Waals surface area contributed by atoms with Crippen molar-refractivity contribution in [1.29, 1.82) is 0 Å². The molecule has 3 rings (SSSR count). The summed E-state index contributed by atoms with van der Waals surface area (Å²) in [6.07, 6.45) is 0.496. The smallest absolute Gasteiger partial charge is 0.335 e. The first-order chi connectivity index (χ1) is 13.2. The summed E-state index contributed by atoms with van der Waals surface area (Å²) in [7, 11) is -3.25. The van der Waals surface area contributed by atoms with Crippen LogP contribution in [0.3, 0.4) is 0 Å². The monoisotopic (exact) mass is 409 g/mol. The van der Waals surface area contributed by atoms with Gasteiger partial charge >= 0.3 is 6.03 Å². The Bertz CT molecular complexity index is 1160. The van der Waals surface area contributed by atoms with Gasteiger partial charge in [0, 0.05) is 11.8 Å². The molecule has 11 nitrogen and oxygen atoms in total. The number of aromatic nitrogens is 5. The van der Waals surface area contributed by atoms with E-state index in [-0.39, 0.29) is 17.5 Å². The van der Waals surface area contributed by atoms with Crippen LogP contribution in [0, 0.1) is 12.9 Å². The Labute approximate surface area is 159 Å². The molecule has 0 bridgehead atoms. The summed E-state index contributed by atoms with van der Waals surface area (Å²) in [6.45, 7) is 3.44. The van der Waals surface area contributed by atoms with E-state index < -0.39 is 27.0 Å². The van der Waals surface area contributed by atoms with Gasteiger partial charge in [0.05, 0.1) is 12.8 Å². The Kier molecular flexibility index (Phi) is 5.09. The average molecular weight is 409 g/mol. The topological polar surface area (TPSA) is 140 Å². The van der Waals surface area contributed by atoms with Gasteiger partial charge in [-0.15, -0.1) is 0 Å². The number of amides is 2. The van der Waals surface area contributed by atoms with Crippen LogP contribution >= 0.6 is 0 Å². The molecule has 0 saturated heterocycles. The van der Waals surface area contributed by atoms with E-state index in [2.05, 4.69) is 25.4 Å². The number of rotatable bonds is 5. The van der Waals surface area contributed by atoms with Crippen LogP contribution in [0.2, 0.25) is 0 Å². The van der Waals surface area contributed by atoms with Gasteiger partial charge in [-0.25, -0.2) is 14.5 Å². The number of hydrogen-bond donors (Lipinski definition) is 2. The number of ether oxygens (including phenoxy) is 1. The zero-order chi connectivity index (χ0) is 20.5. The fourth-order valence-corrected chi connectivity index (χ4v) is 3.36. The summed E-state index contributed by atoms with van der Waals surface area (Å²) in [5.41, 5.74) is 0.988. The lowest BCUT2D eigenvalue weighted by Crippen LogP contribution is -2.36. The average Bonchev–Trinajstić information content (AvgIpc) is 2.95. The van der Waals surface area contributed by atoms with Crippen molar-refractivity contribution in [3.8, 4) is 5.88 Å². The van der Waals surface area contributed by atoms with E-state index in [0.717, 1.165) is 4.52 Å². The number of sulfonamides is 1. The van der Waals surface area contributed by atoms with Crippen molar-refractivity contribution >= 4 is 27.6 Å². The van der Waals surface area contributed by atoms with Crippen molar-refractivity contribution in [2.45, 2.75) is 25.3 Å². The molecule has 0 aliphatic rings. The van der Waals surface area contributed by atoms with Gasteiger partial charge in [0.25, 0.3) is 16.0 Å². The van der Waals surface area contributed by atoms with Crippen molar-refractivity contribution < 1.29 is 22.3 Å². The number of nitrogens with zero attached hydrogens (tertiary/aromatic N) is 5. The van der Waals surface area contributed by atoms with E-state index >= 15 is 0 Å². The van der Waals surface area contributed by atoms with E-state index in [9.17, 15) is 17.6 Å². The number of imidazole rings is 1. The lowest BCUT2D eigenvalue weighted by atomic mass is 10.3. The summed E-state index contributed by atoms with van der Waals surface area (Å²) < 4.78 is 46.8. The molecule has 28 heavy (non-hydrogen) atoms. The maximum absolute atomic E-state index is 14.2. The molecule has 13 heteroatoms. The van der Waals surface area contributed by atoms with Crippen LogP contribution in [0.4, 0.5) is 15.1 Å². The van der Waals surface area contributed by atoms with Gasteiger partial charge in [0.1, 0.15) is 0 Å². The third-order valence-electron chi connectivity index (χ3n) is 3.56. The number of carbonyl (C=O) groups is 1. The van der Waals surface area contributed by atoms with Crippen molar-refractivity contribution in [2.75, 3.05) is 12.4 Å². The molecule has 0 spiro atoms. The van der Waals surface area contributed by atoms with Crippen LogP contribution < -0.4 is 14.8 Å². The fraction of sp³-hybridized carbons (Fsp3) is 0.267. The first-order valence-corrected chi connectivity index (χ1v) is 9.49. The predicted octanol–water partition coefficient (Wildman–Crippen LogP) is 1.05. The number of carbonyl (C=O) groups excluding carboxylic acids is 1. The van der Waals surface area contributed by atoms with Crippen LogP contribution in [0.25, 0.3) is 5.65 Å². The molecule has 0 saturated carbocycles. The molecule has 3 aromatic heterocycles. The number of fused-ring (bicyclic) bond motifs is 1. The SMILES string of the molecule is CCc1ccc2nc(F)c(S(=O)(=O)NC(=O)Nc3nc(C)cc(OC)n3)n2n1. The van der Waals surface area contributed by atoms with Crippen molar-refractivity contribution in [1.82, 2.24) is 29.3 Å². The molecule has 0 atom stereocenters. The molecule has 0 radical (unpaired) electrons. The number of aryl methyl sites for hydroxylation is 2. The standard InChI is InChI=1S/C15H16FN7O4S/c1-4-9-5-6-10-18-12(16)13(23(10)21-9)28(25,26)22-15(24)20-14-17-8(2)7-11(19-14)27-3/h5-7H,4H2,1-3H3,(H2,17,19,20,22,24). The first-order valence-electron chi connectivity index (χ1n) is 8.01. The van der Waals surface area contributed by atoms with Gasteiger partial charge in [-0.3, -0.25) is 5.32 Å². The third-order valence-corrected chi connectivity index (χ3v) is 4.87. The number of anilines is 1. The maximum atomic E-state index is 14.2. The minimum atomic E-state index is -4.63. The Morgan fingerprint density at radius 2 is 2.04 bits per heavy atom. The van der Waals surface area contributed by atoms with E-state index in [1.54, 1.807) is 24.6 Å². The van der Waals surface area contributed by atoms with Crippen LogP contribution in [0.1, 0.15) is 18.3 Å². The third kappa shape index (κ3) is 3.83. The molecule has 0 aliphatic heterocycles. The number of methoxy groups -OCH3 is 1. The molecule has 2 amide bonds. The lowest BCUT2D eigenvalue weighted by molar-refractivity contribution is 0.256. The second-order valence-electron chi connectivity index (χ2n) is 5.59. The number of halogens is 1. The minimum absolute atomic E-state index is 0.0118.